The van der Waals surface area contributed by atoms with E-state index in [1.807, 2.05) is 4.72 Å². The van der Waals surface area contributed by atoms with E-state index in [4.69, 9.17) is 4.74 Å². The molecule has 1 amide bonds. The summed E-state index contributed by atoms with van der Waals surface area (Å²) in [6, 6.07) is 9.44. The number of nitrogens with zero attached hydrogens (tertiary/aromatic N) is 2. The number of imidazole rings is 1. The number of halogens is 3. The summed E-state index contributed by atoms with van der Waals surface area (Å²) >= 11 is 0. The third kappa shape index (κ3) is 5.90. The average Bonchev–Trinajstić information content (AvgIpc) is 3.21. The van der Waals surface area contributed by atoms with Crippen molar-refractivity contribution in [2.24, 2.45) is 7.05 Å². The quantitative estimate of drug-likeness (QED) is 0.514. The predicted octanol–water partition coefficient (Wildman–Crippen LogP) is 2.63. The number of methoxy groups -OCH3 is 1. The van der Waals surface area contributed by atoms with E-state index in [1.165, 1.54) is 7.11 Å². The van der Waals surface area contributed by atoms with Crippen LogP contribution in [-0.4, -0.2) is 37.5 Å². The van der Waals surface area contributed by atoms with E-state index in [-0.39, 0.29) is 0 Å². The molecule has 0 spiro atoms. The van der Waals surface area contributed by atoms with Crippen LogP contribution in [0, 0.1) is 0 Å². The molecule has 0 bridgehead atoms. The summed E-state index contributed by atoms with van der Waals surface area (Å²) in [4.78, 5) is 16.3. The van der Waals surface area contributed by atoms with Crippen molar-refractivity contribution >= 4 is 15.9 Å². The number of hydrogen-bond donors (Lipinski definition) is 2. The number of carbonyl (C=O) groups is 1. The van der Waals surface area contributed by atoms with E-state index >= 15 is 0 Å². The van der Waals surface area contributed by atoms with Crippen molar-refractivity contribution in [2.45, 2.75) is 17.1 Å². The van der Waals surface area contributed by atoms with Crippen molar-refractivity contribution < 1.29 is 31.1 Å². The molecule has 12 heteroatoms. The normalized spacial score (nSPS) is 12.9. The second-order valence-electron chi connectivity index (χ2n) is 7.02. The predicted molar refractivity (Wildman–Crippen MR) is 113 cm³/mol. The highest BCUT2D eigenvalue weighted by Gasteiger charge is 2.32. The number of amides is 1. The van der Waals surface area contributed by atoms with Gasteiger partial charge in [0.2, 0.25) is 15.9 Å². The minimum Gasteiger partial charge on any atom is -0.497 e. The van der Waals surface area contributed by atoms with Crippen molar-refractivity contribution in [3.8, 4) is 5.75 Å². The molecular formula is C21H21F3N4O4S. The molecule has 3 aromatic rings. The number of carbonyl (C=O) groups excluding carboxylic acids is 1. The van der Waals surface area contributed by atoms with Crippen molar-refractivity contribution in [1.29, 1.82) is 0 Å². The van der Waals surface area contributed by atoms with Gasteiger partial charge in [0, 0.05) is 19.4 Å². The summed E-state index contributed by atoms with van der Waals surface area (Å²) in [5, 5.41) is 2.70. The maximum Gasteiger partial charge on any atom is 0.416 e. The number of rotatable bonds is 8. The lowest BCUT2D eigenvalue weighted by molar-refractivity contribution is -0.137. The van der Waals surface area contributed by atoms with Crippen LogP contribution in [0.1, 0.15) is 23.0 Å². The number of ether oxygens (including phenoxy) is 1. The third-order valence-corrected chi connectivity index (χ3v) is 6.14. The summed E-state index contributed by atoms with van der Waals surface area (Å²) < 4.78 is 72.5. The Morgan fingerprint density at radius 2 is 1.91 bits per heavy atom. The Labute approximate surface area is 188 Å². The molecule has 176 valence electrons. The largest absolute Gasteiger partial charge is 0.497 e. The summed E-state index contributed by atoms with van der Waals surface area (Å²) in [6.07, 6.45) is -1.47. The van der Waals surface area contributed by atoms with Crippen LogP contribution in [0.15, 0.2) is 65.8 Å². The number of sulfonamides is 1. The molecule has 0 saturated heterocycles. The van der Waals surface area contributed by atoms with Gasteiger partial charge in [-0.2, -0.15) is 13.2 Å². The fraction of sp³-hybridized carbons (Fsp3) is 0.238. The molecular weight excluding hydrogens is 461 g/mol. The summed E-state index contributed by atoms with van der Waals surface area (Å²) in [5.74, 6) is 0.324. The highest BCUT2D eigenvalue weighted by molar-refractivity contribution is 7.89. The number of nitrogens with one attached hydrogen (secondary N) is 2. The lowest BCUT2D eigenvalue weighted by Crippen LogP contribution is -2.39. The first-order valence-electron chi connectivity index (χ1n) is 9.59. The van der Waals surface area contributed by atoms with Crippen LogP contribution in [0.4, 0.5) is 13.2 Å². The van der Waals surface area contributed by atoms with Crippen molar-refractivity contribution in [2.75, 3.05) is 13.7 Å². The van der Waals surface area contributed by atoms with Gasteiger partial charge in [-0.3, -0.25) is 4.79 Å². The molecule has 3 rings (SSSR count). The Balaban J connectivity index is 1.78. The molecule has 0 aliphatic carbocycles. The zero-order valence-electron chi connectivity index (χ0n) is 17.6. The highest BCUT2D eigenvalue weighted by atomic mass is 32.2. The molecule has 1 heterocycles. The third-order valence-electron chi connectivity index (χ3n) is 4.74. The van der Waals surface area contributed by atoms with Crippen molar-refractivity contribution in [1.82, 2.24) is 19.6 Å². The first kappa shape index (κ1) is 24.3. The fourth-order valence-corrected chi connectivity index (χ4v) is 4.10. The van der Waals surface area contributed by atoms with Gasteiger partial charge in [0.25, 0.3) is 0 Å². The molecule has 1 aromatic heterocycles. The molecule has 1 unspecified atom stereocenters. The van der Waals surface area contributed by atoms with Crippen LogP contribution in [0.25, 0.3) is 0 Å². The first-order valence-corrected chi connectivity index (χ1v) is 11.1. The van der Waals surface area contributed by atoms with Crippen molar-refractivity contribution in [3.63, 3.8) is 0 Å². The van der Waals surface area contributed by atoms with Gasteiger partial charge < -0.3 is 14.6 Å². The minimum absolute atomic E-state index is 0.484. The molecule has 33 heavy (non-hydrogen) atoms. The lowest BCUT2D eigenvalue weighted by Gasteiger charge is -2.20. The van der Waals surface area contributed by atoms with E-state index < -0.39 is 45.2 Å². The lowest BCUT2D eigenvalue weighted by atomic mass is 10.1. The summed E-state index contributed by atoms with van der Waals surface area (Å²) in [7, 11) is -1.13. The molecule has 1 atom stereocenters. The smallest absolute Gasteiger partial charge is 0.416 e. The van der Waals surface area contributed by atoms with Gasteiger partial charge >= 0.3 is 6.18 Å². The van der Waals surface area contributed by atoms with E-state index in [0.717, 1.165) is 18.2 Å². The standard InChI is InChI=1S/C21H21F3N4O4S/c1-28-10-9-25-20(28)19(14-5-3-7-16(11-14)32-2)27-18(29)13-26-33(30,31)17-8-4-6-15(12-17)21(22,23)24/h3-12,19,26H,13H2,1-2H3,(H,27,29). The second-order valence-corrected chi connectivity index (χ2v) is 8.79. The molecule has 0 saturated carbocycles. The molecule has 2 aromatic carbocycles. The topological polar surface area (TPSA) is 102 Å². The Morgan fingerprint density at radius 1 is 1.18 bits per heavy atom. The zero-order chi connectivity index (χ0) is 24.2. The number of hydrogen-bond acceptors (Lipinski definition) is 5. The van der Waals surface area contributed by atoms with Gasteiger partial charge in [-0.05, 0) is 35.9 Å². The molecule has 0 aliphatic rings. The number of alkyl halides is 3. The van der Waals surface area contributed by atoms with Gasteiger partial charge in [0.05, 0.1) is 24.1 Å². The molecule has 0 fully saturated rings. The van der Waals surface area contributed by atoms with Crippen LogP contribution in [0.3, 0.4) is 0 Å². The molecule has 2 N–H and O–H groups in total. The maximum atomic E-state index is 12.9. The number of benzene rings is 2. The van der Waals surface area contributed by atoms with Crippen LogP contribution in [-0.2, 0) is 28.0 Å². The minimum atomic E-state index is -4.70. The summed E-state index contributed by atoms with van der Waals surface area (Å²) in [5.41, 5.74) is -0.472. The Hall–Kier alpha value is -3.38. The van der Waals surface area contributed by atoms with Crippen LogP contribution in [0.2, 0.25) is 0 Å². The van der Waals surface area contributed by atoms with E-state index in [2.05, 4.69) is 10.3 Å². The number of aromatic nitrogens is 2. The Bertz CT molecular complexity index is 1240. The first-order chi connectivity index (χ1) is 15.5. The Kier molecular flexibility index (Phi) is 7.08. The second kappa shape index (κ2) is 9.63. The number of aryl methyl sites for hydroxylation is 1. The van der Waals surface area contributed by atoms with Gasteiger partial charge in [-0.15, -0.1) is 0 Å². The monoisotopic (exact) mass is 482 g/mol. The summed E-state index contributed by atoms with van der Waals surface area (Å²) in [6.45, 7) is -0.691. The van der Waals surface area contributed by atoms with Crippen molar-refractivity contribution in [3.05, 3.63) is 77.9 Å². The van der Waals surface area contributed by atoms with Gasteiger partial charge in [-0.1, -0.05) is 18.2 Å². The van der Waals surface area contributed by atoms with E-state index in [9.17, 15) is 26.4 Å². The van der Waals surface area contributed by atoms with Crippen LogP contribution in [0.5, 0.6) is 5.75 Å². The molecule has 8 nitrogen and oxygen atoms in total. The maximum absolute atomic E-state index is 12.9. The van der Waals surface area contributed by atoms with Gasteiger partial charge in [0.1, 0.15) is 17.6 Å². The van der Waals surface area contributed by atoms with Crippen LogP contribution >= 0.6 is 0 Å². The SMILES string of the molecule is COc1cccc(C(NC(=O)CNS(=O)(=O)c2cccc(C(F)(F)F)c2)c2nccn2C)c1. The van der Waals surface area contributed by atoms with Gasteiger partial charge in [-0.25, -0.2) is 18.1 Å². The molecule has 0 radical (unpaired) electrons. The average molecular weight is 482 g/mol. The highest BCUT2D eigenvalue weighted by Crippen LogP contribution is 2.30. The van der Waals surface area contributed by atoms with E-state index in [1.54, 1.807) is 48.3 Å². The van der Waals surface area contributed by atoms with Gasteiger partial charge in [0.15, 0.2) is 0 Å². The fourth-order valence-electron chi connectivity index (χ4n) is 3.07. The molecule has 0 aliphatic heterocycles. The zero-order valence-corrected chi connectivity index (χ0v) is 18.4. The Morgan fingerprint density at radius 3 is 2.55 bits per heavy atom. The van der Waals surface area contributed by atoms with Crippen LogP contribution < -0.4 is 14.8 Å². The van der Waals surface area contributed by atoms with E-state index in [0.29, 0.717) is 23.2 Å².